The first-order valence-corrected chi connectivity index (χ1v) is 6.78. The Balaban J connectivity index is 2.40. The van der Waals surface area contributed by atoms with Gasteiger partial charge in [0, 0.05) is 39.3 Å². The molecule has 1 aliphatic rings. The summed E-state index contributed by atoms with van der Waals surface area (Å²) in [6, 6.07) is 0.387. The molecule has 1 fully saturated rings. The van der Waals surface area contributed by atoms with Gasteiger partial charge in [-0.3, -0.25) is 4.79 Å². The van der Waals surface area contributed by atoms with Crippen molar-refractivity contribution >= 4 is 5.91 Å². The molecule has 1 saturated heterocycles. The summed E-state index contributed by atoms with van der Waals surface area (Å²) in [5, 5.41) is 12.4. The van der Waals surface area contributed by atoms with Crippen LogP contribution in [0.5, 0.6) is 0 Å². The van der Waals surface area contributed by atoms with E-state index in [1.165, 1.54) is 6.42 Å². The quantitative estimate of drug-likeness (QED) is 0.654. The van der Waals surface area contributed by atoms with E-state index in [4.69, 9.17) is 9.84 Å². The van der Waals surface area contributed by atoms with Gasteiger partial charge in [-0.25, -0.2) is 0 Å². The molecular weight excluding hydrogens is 232 g/mol. The molecule has 2 unspecified atom stereocenters. The number of hydrogen-bond acceptors (Lipinski definition) is 4. The maximum Gasteiger partial charge on any atom is 0.223 e. The summed E-state index contributed by atoms with van der Waals surface area (Å²) in [4.78, 5) is 13.9. The van der Waals surface area contributed by atoms with Crippen LogP contribution in [0.2, 0.25) is 0 Å². The van der Waals surface area contributed by atoms with E-state index in [1.54, 1.807) is 12.0 Å². The SMILES string of the molecule is COCC(C)CC(=O)N(CCO)CC1CCCN1. The number of methoxy groups -OCH3 is 1. The van der Waals surface area contributed by atoms with Crippen LogP contribution in [0.1, 0.15) is 26.2 Å². The van der Waals surface area contributed by atoms with Crippen LogP contribution in [-0.4, -0.2) is 61.9 Å². The predicted molar refractivity (Wildman–Crippen MR) is 70.3 cm³/mol. The number of ether oxygens (including phenoxy) is 1. The number of nitrogens with one attached hydrogen (secondary N) is 1. The average molecular weight is 258 g/mol. The molecule has 0 aromatic rings. The van der Waals surface area contributed by atoms with Crippen LogP contribution in [0.3, 0.4) is 0 Å². The molecule has 18 heavy (non-hydrogen) atoms. The molecule has 1 heterocycles. The monoisotopic (exact) mass is 258 g/mol. The van der Waals surface area contributed by atoms with Crippen molar-refractivity contribution in [2.24, 2.45) is 5.92 Å². The van der Waals surface area contributed by atoms with Crippen molar-refractivity contribution in [1.82, 2.24) is 10.2 Å². The van der Waals surface area contributed by atoms with Crippen LogP contribution in [-0.2, 0) is 9.53 Å². The Morgan fingerprint density at radius 3 is 2.94 bits per heavy atom. The highest BCUT2D eigenvalue weighted by Crippen LogP contribution is 2.10. The van der Waals surface area contributed by atoms with Crippen molar-refractivity contribution in [3.63, 3.8) is 0 Å². The molecule has 1 aliphatic heterocycles. The predicted octanol–water partition coefficient (Wildman–Crippen LogP) is 0.232. The van der Waals surface area contributed by atoms with Gasteiger partial charge in [0.05, 0.1) is 6.61 Å². The molecule has 5 nitrogen and oxygen atoms in total. The van der Waals surface area contributed by atoms with Crippen molar-refractivity contribution in [1.29, 1.82) is 0 Å². The molecule has 1 rings (SSSR count). The maximum atomic E-state index is 12.1. The van der Waals surface area contributed by atoms with Crippen LogP contribution in [0, 0.1) is 5.92 Å². The number of aliphatic hydroxyl groups excluding tert-OH is 1. The van der Waals surface area contributed by atoms with Crippen LogP contribution < -0.4 is 5.32 Å². The molecule has 2 atom stereocenters. The molecule has 0 aromatic heterocycles. The number of rotatable bonds is 8. The van der Waals surface area contributed by atoms with E-state index in [2.05, 4.69) is 5.32 Å². The van der Waals surface area contributed by atoms with E-state index in [0.29, 0.717) is 32.2 Å². The lowest BCUT2D eigenvalue weighted by atomic mass is 10.1. The summed E-state index contributed by atoms with van der Waals surface area (Å²) >= 11 is 0. The van der Waals surface area contributed by atoms with E-state index < -0.39 is 0 Å². The van der Waals surface area contributed by atoms with Crippen LogP contribution in [0.4, 0.5) is 0 Å². The fraction of sp³-hybridized carbons (Fsp3) is 0.923. The molecule has 0 radical (unpaired) electrons. The van der Waals surface area contributed by atoms with E-state index in [-0.39, 0.29) is 18.4 Å². The topological polar surface area (TPSA) is 61.8 Å². The second kappa shape index (κ2) is 8.45. The van der Waals surface area contributed by atoms with Gasteiger partial charge < -0.3 is 20.1 Å². The van der Waals surface area contributed by atoms with Gasteiger partial charge in [0.25, 0.3) is 0 Å². The second-order valence-electron chi connectivity index (χ2n) is 5.12. The molecule has 0 aliphatic carbocycles. The van der Waals surface area contributed by atoms with Gasteiger partial charge in [0.1, 0.15) is 0 Å². The molecule has 0 aromatic carbocycles. The zero-order valence-electron chi connectivity index (χ0n) is 11.5. The number of aliphatic hydroxyl groups is 1. The highest BCUT2D eigenvalue weighted by atomic mass is 16.5. The minimum atomic E-state index is 0.0249. The van der Waals surface area contributed by atoms with E-state index in [1.807, 2.05) is 6.92 Å². The van der Waals surface area contributed by atoms with Gasteiger partial charge in [-0.15, -0.1) is 0 Å². The number of hydrogen-bond donors (Lipinski definition) is 2. The molecule has 2 N–H and O–H groups in total. The highest BCUT2D eigenvalue weighted by Gasteiger charge is 2.22. The number of amides is 1. The summed E-state index contributed by atoms with van der Waals surface area (Å²) in [6.45, 7) is 4.80. The molecular formula is C13H26N2O3. The smallest absolute Gasteiger partial charge is 0.223 e. The first-order chi connectivity index (χ1) is 8.67. The average Bonchev–Trinajstić information content (AvgIpc) is 2.81. The zero-order chi connectivity index (χ0) is 13.4. The summed E-state index contributed by atoms with van der Waals surface area (Å²) in [5.74, 6) is 0.336. The Labute approximate surface area is 109 Å². The van der Waals surface area contributed by atoms with Crippen LogP contribution in [0.25, 0.3) is 0 Å². The first-order valence-electron chi connectivity index (χ1n) is 6.78. The molecule has 0 bridgehead atoms. The fourth-order valence-electron chi connectivity index (χ4n) is 2.39. The Hall–Kier alpha value is -0.650. The van der Waals surface area contributed by atoms with Gasteiger partial charge in [0.15, 0.2) is 0 Å². The van der Waals surface area contributed by atoms with Crippen LogP contribution in [0.15, 0.2) is 0 Å². The second-order valence-corrected chi connectivity index (χ2v) is 5.12. The van der Waals surface area contributed by atoms with Crippen molar-refractivity contribution in [2.75, 3.05) is 40.0 Å². The van der Waals surface area contributed by atoms with E-state index in [0.717, 1.165) is 13.0 Å². The highest BCUT2D eigenvalue weighted by molar-refractivity contribution is 5.76. The summed E-state index contributed by atoms with van der Waals surface area (Å²) < 4.78 is 5.05. The molecule has 5 heteroatoms. The number of carbonyl (C=O) groups is 1. The Morgan fingerprint density at radius 2 is 2.39 bits per heavy atom. The lowest BCUT2D eigenvalue weighted by molar-refractivity contribution is -0.133. The van der Waals surface area contributed by atoms with Gasteiger partial charge in [-0.05, 0) is 25.3 Å². The van der Waals surface area contributed by atoms with Crippen molar-refractivity contribution < 1.29 is 14.6 Å². The summed E-state index contributed by atoms with van der Waals surface area (Å²) in [7, 11) is 1.65. The lowest BCUT2D eigenvalue weighted by Crippen LogP contribution is -2.43. The number of nitrogens with zero attached hydrogens (tertiary/aromatic N) is 1. The van der Waals surface area contributed by atoms with Gasteiger partial charge in [-0.2, -0.15) is 0 Å². The minimum absolute atomic E-state index is 0.0249. The fourth-order valence-corrected chi connectivity index (χ4v) is 2.39. The summed E-state index contributed by atoms with van der Waals surface area (Å²) in [5.41, 5.74) is 0. The zero-order valence-corrected chi connectivity index (χ0v) is 11.5. The lowest BCUT2D eigenvalue weighted by Gasteiger charge is -2.26. The molecule has 106 valence electrons. The number of carbonyl (C=O) groups excluding carboxylic acids is 1. The Bertz CT molecular complexity index is 242. The molecule has 1 amide bonds. The van der Waals surface area contributed by atoms with Crippen molar-refractivity contribution in [2.45, 2.75) is 32.2 Å². The third-order valence-corrected chi connectivity index (χ3v) is 3.30. The Morgan fingerprint density at radius 1 is 1.61 bits per heavy atom. The minimum Gasteiger partial charge on any atom is -0.395 e. The third-order valence-electron chi connectivity index (χ3n) is 3.30. The largest absolute Gasteiger partial charge is 0.395 e. The van der Waals surface area contributed by atoms with E-state index in [9.17, 15) is 4.79 Å². The van der Waals surface area contributed by atoms with Gasteiger partial charge in [-0.1, -0.05) is 6.92 Å². The van der Waals surface area contributed by atoms with E-state index >= 15 is 0 Å². The molecule has 0 spiro atoms. The maximum absolute atomic E-state index is 12.1. The normalized spacial score (nSPS) is 20.9. The van der Waals surface area contributed by atoms with Gasteiger partial charge in [0.2, 0.25) is 5.91 Å². The van der Waals surface area contributed by atoms with Crippen molar-refractivity contribution in [3.05, 3.63) is 0 Å². The summed E-state index contributed by atoms with van der Waals surface area (Å²) in [6.07, 6.45) is 2.77. The molecule has 0 saturated carbocycles. The van der Waals surface area contributed by atoms with Gasteiger partial charge >= 0.3 is 0 Å². The third kappa shape index (κ3) is 5.33. The van der Waals surface area contributed by atoms with Crippen molar-refractivity contribution in [3.8, 4) is 0 Å². The standard InChI is InChI=1S/C13H26N2O3/c1-11(10-18-2)8-13(17)15(6-7-16)9-12-4-3-5-14-12/h11-12,14,16H,3-10H2,1-2H3. The first kappa shape index (κ1) is 15.4. The Kier molecular flexibility index (Phi) is 7.23. The van der Waals surface area contributed by atoms with Crippen LogP contribution >= 0.6 is 0 Å².